The van der Waals surface area contributed by atoms with E-state index in [1.54, 1.807) is 0 Å². The molecule has 0 aromatic rings. The summed E-state index contributed by atoms with van der Waals surface area (Å²) in [7, 11) is 1.11. The Kier molecular flexibility index (Phi) is 11.5. The number of quaternary nitrogens is 1. The third kappa shape index (κ3) is 15.3. The summed E-state index contributed by atoms with van der Waals surface area (Å²) in [5.41, 5.74) is 0. The molecule has 8 heteroatoms. The molecule has 0 radical (unpaired) electrons. The van der Waals surface area contributed by atoms with Crippen molar-refractivity contribution in [3.05, 3.63) is 12.7 Å². The lowest BCUT2D eigenvalue weighted by molar-refractivity contribution is -0.873. The molecule has 2 atom stereocenters. The third-order valence-electron chi connectivity index (χ3n) is 3.64. The van der Waals surface area contributed by atoms with Crippen molar-refractivity contribution in [2.75, 3.05) is 27.7 Å². The Balaban J connectivity index is 4.86. The molecule has 0 spiro atoms. The van der Waals surface area contributed by atoms with Crippen LogP contribution in [0.1, 0.15) is 51.9 Å². The maximum atomic E-state index is 11.6. The van der Waals surface area contributed by atoms with Gasteiger partial charge in [0.15, 0.2) is 0 Å². The van der Waals surface area contributed by atoms with E-state index in [0.717, 1.165) is 31.8 Å². The highest BCUT2D eigenvalue weighted by Crippen LogP contribution is 2.39. The van der Waals surface area contributed by atoms with Crippen molar-refractivity contribution >= 4 is 13.8 Å². The first-order valence-electron chi connectivity index (χ1n) is 8.84. The lowest BCUT2D eigenvalue weighted by Gasteiger charge is -2.31. The summed E-state index contributed by atoms with van der Waals surface area (Å²) < 4.78 is 22.0. The van der Waals surface area contributed by atoms with Gasteiger partial charge in [-0.1, -0.05) is 39.2 Å². The van der Waals surface area contributed by atoms with Gasteiger partial charge in [0.25, 0.3) is 0 Å². The highest BCUT2D eigenvalue weighted by Gasteiger charge is 2.30. The van der Waals surface area contributed by atoms with Crippen LogP contribution in [0.25, 0.3) is 0 Å². The first kappa shape index (κ1) is 24.3. The average molecular weight is 380 g/mol. The van der Waals surface area contributed by atoms with E-state index in [0.29, 0.717) is 17.4 Å². The van der Waals surface area contributed by atoms with Crippen LogP contribution in [0.3, 0.4) is 0 Å². The minimum absolute atomic E-state index is 0.244. The third-order valence-corrected chi connectivity index (χ3v) is 4.22. The topological polar surface area (TPSA) is 93.1 Å². The van der Waals surface area contributed by atoms with Crippen LogP contribution in [0.2, 0.25) is 0 Å². The second-order valence-corrected chi connectivity index (χ2v) is 8.58. The summed E-state index contributed by atoms with van der Waals surface area (Å²) in [6.07, 6.45) is 6.20. The maximum Gasteiger partial charge on any atom is 0.470 e. The second kappa shape index (κ2) is 11.8. The molecule has 0 amide bonds. The van der Waals surface area contributed by atoms with Crippen molar-refractivity contribution in [1.82, 2.24) is 0 Å². The summed E-state index contributed by atoms with van der Waals surface area (Å²) in [4.78, 5) is 29.9. The van der Waals surface area contributed by atoms with Crippen LogP contribution in [0.5, 0.6) is 0 Å². The molecule has 0 saturated heterocycles. The van der Waals surface area contributed by atoms with Gasteiger partial charge >= 0.3 is 13.8 Å². The Morgan fingerprint density at radius 3 is 2.24 bits per heavy atom. The Bertz CT molecular complexity index is 443. The van der Waals surface area contributed by atoms with E-state index < -0.39 is 26.0 Å². The van der Waals surface area contributed by atoms with Crippen molar-refractivity contribution in [3.63, 3.8) is 0 Å². The molecule has 0 aromatic heterocycles. The minimum atomic E-state index is -4.62. The maximum absolute atomic E-state index is 11.6. The smallest absolute Gasteiger partial charge is 0.459 e. The SMILES string of the molecule is C=CC(=O)OC(CCCCCCC)CC(C[N+](C)(C)C)OP(=O)(O)O. The molecule has 0 fully saturated rings. The molecule has 0 aliphatic heterocycles. The lowest BCUT2D eigenvalue weighted by Crippen LogP contribution is -2.43. The highest BCUT2D eigenvalue weighted by atomic mass is 31.2. The van der Waals surface area contributed by atoms with E-state index in [9.17, 15) is 9.36 Å². The molecule has 0 aliphatic rings. The number of hydrogen-bond acceptors (Lipinski definition) is 4. The number of phosphoric acid groups is 1. The molecule has 7 nitrogen and oxygen atoms in total. The van der Waals surface area contributed by atoms with Crippen LogP contribution in [-0.2, 0) is 18.6 Å². The summed E-state index contributed by atoms with van der Waals surface area (Å²) >= 11 is 0. The van der Waals surface area contributed by atoms with E-state index >= 15 is 0 Å². The Hall–Kier alpha value is -0.720. The van der Waals surface area contributed by atoms with Gasteiger partial charge < -0.3 is 19.0 Å². The van der Waals surface area contributed by atoms with Gasteiger partial charge in [0.2, 0.25) is 0 Å². The van der Waals surface area contributed by atoms with Gasteiger partial charge in [-0.2, -0.15) is 0 Å². The predicted octanol–water partition coefficient (Wildman–Crippen LogP) is 3.02. The summed E-state index contributed by atoms with van der Waals surface area (Å²) in [6, 6.07) is 0. The second-order valence-electron chi connectivity index (χ2n) is 7.39. The fourth-order valence-electron chi connectivity index (χ4n) is 2.66. The predicted molar refractivity (Wildman–Crippen MR) is 97.9 cm³/mol. The van der Waals surface area contributed by atoms with Crippen LogP contribution in [-0.4, -0.2) is 60.1 Å². The number of esters is 1. The largest absolute Gasteiger partial charge is 0.470 e. The number of hydrogen-bond donors (Lipinski definition) is 2. The molecular weight excluding hydrogens is 345 g/mol. The van der Waals surface area contributed by atoms with Gasteiger partial charge in [0.1, 0.15) is 18.8 Å². The Morgan fingerprint density at radius 1 is 1.16 bits per heavy atom. The molecule has 0 saturated carbocycles. The van der Waals surface area contributed by atoms with Crippen molar-refractivity contribution in [2.24, 2.45) is 0 Å². The van der Waals surface area contributed by atoms with Gasteiger partial charge in [0, 0.05) is 12.5 Å². The molecule has 0 rings (SSSR count). The Labute approximate surface area is 151 Å². The summed E-state index contributed by atoms with van der Waals surface area (Å²) in [5, 5.41) is 0. The zero-order valence-corrected chi connectivity index (χ0v) is 16.9. The van der Waals surface area contributed by atoms with Crippen LogP contribution in [0, 0.1) is 0 Å². The number of ether oxygens (including phenoxy) is 1. The van der Waals surface area contributed by atoms with Gasteiger partial charge in [-0.25, -0.2) is 9.36 Å². The van der Waals surface area contributed by atoms with E-state index in [1.807, 2.05) is 21.1 Å². The fraction of sp³-hybridized carbons (Fsp3) is 0.824. The van der Waals surface area contributed by atoms with Gasteiger partial charge in [-0.3, -0.25) is 4.52 Å². The molecule has 0 bridgehead atoms. The molecule has 2 unspecified atom stereocenters. The Morgan fingerprint density at radius 2 is 1.76 bits per heavy atom. The number of nitrogens with zero attached hydrogens (tertiary/aromatic N) is 1. The lowest BCUT2D eigenvalue weighted by atomic mass is 10.0. The quantitative estimate of drug-likeness (QED) is 0.158. The zero-order valence-electron chi connectivity index (χ0n) is 16.0. The highest BCUT2D eigenvalue weighted by molar-refractivity contribution is 7.46. The van der Waals surface area contributed by atoms with E-state index in [4.69, 9.17) is 19.0 Å². The van der Waals surface area contributed by atoms with Gasteiger partial charge in [-0.05, 0) is 12.8 Å². The molecule has 0 aliphatic carbocycles. The molecular formula is C17H35NO6P+. The van der Waals surface area contributed by atoms with Crippen molar-refractivity contribution in [2.45, 2.75) is 64.1 Å². The number of likely N-dealkylation sites (N-methyl/N-ethyl adjacent to an activating group) is 1. The number of carbonyl (C=O) groups excluding carboxylic acids is 1. The van der Waals surface area contributed by atoms with Crippen LogP contribution < -0.4 is 0 Å². The van der Waals surface area contributed by atoms with Gasteiger partial charge in [0.05, 0.1) is 21.1 Å². The first-order chi connectivity index (χ1) is 11.5. The number of phosphoric ester groups is 1. The van der Waals surface area contributed by atoms with E-state index in [1.165, 1.54) is 6.42 Å². The fourth-order valence-corrected chi connectivity index (χ4v) is 3.20. The van der Waals surface area contributed by atoms with Crippen LogP contribution in [0.15, 0.2) is 12.7 Å². The number of unbranched alkanes of at least 4 members (excludes halogenated alkanes) is 4. The van der Waals surface area contributed by atoms with Crippen molar-refractivity contribution < 1.29 is 32.9 Å². The first-order valence-corrected chi connectivity index (χ1v) is 10.4. The summed E-state index contributed by atoms with van der Waals surface area (Å²) in [6.45, 7) is 5.93. The monoisotopic (exact) mass is 380 g/mol. The van der Waals surface area contributed by atoms with E-state index in [2.05, 4.69) is 13.5 Å². The summed E-state index contributed by atoms with van der Waals surface area (Å²) in [5.74, 6) is -0.529. The van der Waals surface area contributed by atoms with Crippen LogP contribution in [0.4, 0.5) is 0 Å². The number of rotatable bonds is 14. The molecule has 25 heavy (non-hydrogen) atoms. The zero-order chi connectivity index (χ0) is 19.5. The molecule has 148 valence electrons. The average Bonchev–Trinajstić information content (AvgIpc) is 2.43. The van der Waals surface area contributed by atoms with Crippen LogP contribution >= 0.6 is 7.82 Å². The molecule has 0 heterocycles. The standard InChI is InChI=1S/C17H34NO6P/c1-6-8-9-10-11-12-15(23-17(19)7-2)13-16(14-18(3,4)5)24-25(20,21)22/h7,15-16H,2,6,8-14H2,1,3-5H3,(H-,20,21,22)/p+1. The van der Waals surface area contributed by atoms with Gasteiger partial charge in [-0.15, -0.1) is 0 Å². The van der Waals surface area contributed by atoms with E-state index in [-0.39, 0.29) is 6.42 Å². The minimum Gasteiger partial charge on any atom is -0.459 e. The van der Waals surface area contributed by atoms with Crippen molar-refractivity contribution in [3.8, 4) is 0 Å². The van der Waals surface area contributed by atoms with Crippen molar-refractivity contribution in [1.29, 1.82) is 0 Å². The molecule has 0 aromatic carbocycles. The molecule has 2 N–H and O–H groups in total. The number of carbonyl (C=O) groups is 1. The normalized spacial score (nSPS) is 14.8.